The molecule has 4 rings (SSSR count). The Morgan fingerprint density at radius 3 is 2.25 bits per heavy atom. The summed E-state index contributed by atoms with van der Waals surface area (Å²) in [6.45, 7) is 2.96. The Hall–Kier alpha value is -2.70. The summed E-state index contributed by atoms with van der Waals surface area (Å²) in [4.78, 5) is 51.0. The molecule has 2 saturated carbocycles. The second-order valence-corrected chi connectivity index (χ2v) is 8.13. The van der Waals surface area contributed by atoms with E-state index in [1.165, 1.54) is 6.92 Å². The van der Waals surface area contributed by atoms with Crippen molar-refractivity contribution >= 4 is 29.4 Å². The first-order chi connectivity index (χ1) is 13.4. The second kappa shape index (κ2) is 7.04. The molecule has 1 N–H and O–H groups in total. The van der Waals surface area contributed by atoms with Crippen LogP contribution < -0.4 is 5.32 Å². The molecule has 2 aliphatic carbocycles. The maximum atomic E-state index is 12.8. The van der Waals surface area contributed by atoms with E-state index >= 15 is 0 Å². The Kier molecular flexibility index (Phi) is 4.69. The Morgan fingerprint density at radius 2 is 1.68 bits per heavy atom. The van der Waals surface area contributed by atoms with Crippen LogP contribution in [-0.4, -0.2) is 41.2 Å². The fraction of sp³-hybridized carbons (Fsp3) is 0.524. The van der Waals surface area contributed by atoms with Crippen LogP contribution in [-0.2, 0) is 23.9 Å². The van der Waals surface area contributed by atoms with Crippen molar-refractivity contribution in [2.24, 2.45) is 23.7 Å². The minimum atomic E-state index is -1.02. The van der Waals surface area contributed by atoms with Gasteiger partial charge in [-0.3, -0.25) is 19.3 Å². The van der Waals surface area contributed by atoms with Gasteiger partial charge in [0.2, 0.25) is 11.8 Å². The first-order valence-corrected chi connectivity index (χ1v) is 9.77. The SMILES string of the molecule is Cc1ccc(NC(=O)COC(=O)[C@@H](C)N2C(=O)[C@@H]3[C@@H]4CC[C@@H](C4)[C@@H]3C2=O)cc1. The predicted molar refractivity (Wildman–Crippen MR) is 99.9 cm³/mol. The van der Waals surface area contributed by atoms with Gasteiger partial charge in [-0.05, 0) is 57.1 Å². The number of esters is 1. The lowest BCUT2D eigenvalue weighted by atomic mass is 9.81. The zero-order valence-corrected chi connectivity index (χ0v) is 16.0. The van der Waals surface area contributed by atoms with Gasteiger partial charge in [-0.25, -0.2) is 4.79 Å². The molecule has 28 heavy (non-hydrogen) atoms. The number of nitrogens with one attached hydrogen (secondary N) is 1. The summed E-state index contributed by atoms with van der Waals surface area (Å²) in [6.07, 6.45) is 2.91. The van der Waals surface area contributed by atoms with E-state index < -0.39 is 24.5 Å². The van der Waals surface area contributed by atoms with Crippen molar-refractivity contribution < 1.29 is 23.9 Å². The Balaban J connectivity index is 1.33. The van der Waals surface area contributed by atoms with Crippen molar-refractivity contribution in [1.29, 1.82) is 0 Å². The van der Waals surface area contributed by atoms with Crippen LogP contribution >= 0.6 is 0 Å². The summed E-state index contributed by atoms with van der Waals surface area (Å²) in [7, 11) is 0. The van der Waals surface area contributed by atoms with Crippen LogP contribution in [0.1, 0.15) is 31.7 Å². The number of aryl methyl sites for hydroxylation is 1. The van der Waals surface area contributed by atoms with Gasteiger partial charge in [0.15, 0.2) is 6.61 Å². The van der Waals surface area contributed by atoms with Crippen molar-refractivity contribution in [3.8, 4) is 0 Å². The molecule has 0 unspecified atom stereocenters. The third-order valence-electron chi connectivity index (χ3n) is 6.37. The van der Waals surface area contributed by atoms with Crippen LogP contribution in [0, 0.1) is 30.6 Å². The van der Waals surface area contributed by atoms with Gasteiger partial charge in [-0.2, -0.15) is 0 Å². The standard InChI is InChI=1S/C21H24N2O5/c1-11-3-7-15(8-4-11)22-16(24)10-28-21(27)12(2)23-19(25)17-13-5-6-14(9-13)18(17)20(23)26/h3-4,7-8,12-14,17-18H,5-6,9-10H2,1-2H3,(H,22,24)/t12-,13-,14+,17-,18+/m1/s1. The van der Waals surface area contributed by atoms with Crippen LogP contribution in [0.5, 0.6) is 0 Å². The minimum Gasteiger partial charge on any atom is -0.454 e. The molecule has 0 radical (unpaired) electrons. The number of rotatable bonds is 5. The molecule has 1 aromatic carbocycles. The van der Waals surface area contributed by atoms with Gasteiger partial charge in [0.1, 0.15) is 6.04 Å². The average molecular weight is 384 g/mol. The maximum Gasteiger partial charge on any atom is 0.329 e. The number of amides is 3. The fourth-order valence-corrected chi connectivity index (χ4v) is 5.01. The molecular formula is C21H24N2O5. The third-order valence-corrected chi connectivity index (χ3v) is 6.37. The normalized spacial score (nSPS) is 29.0. The molecule has 1 aliphatic heterocycles. The zero-order chi connectivity index (χ0) is 20.0. The van der Waals surface area contributed by atoms with Gasteiger partial charge in [0, 0.05) is 5.69 Å². The van der Waals surface area contributed by atoms with Crippen molar-refractivity contribution in [2.45, 2.75) is 39.2 Å². The number of fused-ring (bicyclic) bond motifs is 5. The number of hydrogen-bond donors (Lipinski definition) is 1. The lowest BCUT2D eigenvalue weighted by Crippen LogP contribution is -2.45. The van der Waals surface area contributed by atoms with Gasteiger partial charge in [0.25, 0.3) is 5.91 Å². The Labute approximate surface area is 163 Å². The first kappa shape index (κ1) is 18.7. The molecule has 3 amide bonds. The van der Waals surface area contributed by atoms with E-state index in [4.69, 9.17) is 4.74 Å². The summed E-state index contributed by atoms with van der Waals surface area (Å²) in [6, 6.07) is 6.21. The van der Waals surface area contributed by atoms with Crippen molar-refractivity contribution in [1.82, 2.24) is 4.90 Å². The summed E-state index contributed by atoms with van der Waals surface area (Å²) >= 11 is 0. The highest BCUT2D eigenvalue weighted by atomic mass is 16.5. The van der Waals surface area contributed by atoms with Gasteiger partial charge in [-0.15, -0.1) is 0 Å². The quantitative estimate of drug-likeness (QED) is 0.618. The number of ether oxygens (including phenoxy) is 1. The number of imide groups is 1. The summed E-state index contributed by atoms with van der Waals surface area (Å²) in [5.41, 5.74) is 1.67. The lowest BCUT2D eigenvalue weighted by Gasteiger charge is -2.23. The number of carbonyl (C=O) groups excluding carboxylic acids is 4. The summed E-state index contributed by atoms with van der Waals surface area (Å²) in [5.74, 6) is -1.74. The number of benzene rings is 1. The molecule has 1 aromatic rings. The topological polar surface area (TPSA) is 92.8 Å². The van der Waals surface area contributed by atoms with Gasteiger partial charge in [0.05, 0.1) is 11.8 Å². The van der Waals surface area contributed by atoms with Gasteiger partial charge >= 0.3 is 5.97 Å². The van der Waals surface area contributed by atoms with E-state index in [9.17, 15) is 19.2 Å². The van der Waals surface area contributed by atoms with E-state index in [1.807, 2.05) is 19.1 Å². The van der Waals surface area contributed by atoms with Crippen LogP contribution in [0.2, 0.25) is 0 Å². The largest absolute Gasteiger partial charge is 0.454 e. The molecule has 2 bridgehead atoms. The molecule has 3 fully saturated rings. The van der Waals surface area contributed by atoms with Crippen molar-refractivity contribution in [3.05, 3.63) is 29.8 Å². The van der Waals surface area contributed by atoms with E-state index in [0.29, 0.717) is 5.69 Å². The molecule has 7 nitrogen and oxygen atoms in total. The molecule has 0 aromatic heterocycles. The van der Waals surface area contributed by atoms with Crippen molar-refractivity contribution in [3.63, 3.8) is 0 Å². The highest BCUT2D eigenvalue weighted by Crippen LogP contribution is 2.56. The zero-order valence-electron chi connectivity index (χ0n) is 16.0. The van der Waals surface area contributed by atoms with Crippen LogP contribution in [0.3, 0.4) is 0 Å². The van der Waals surface area contributed by atoms with Crippen LogP contribution in [0.25, 0.3) is 0 Å². The van der Waals surface area contributed by atoms with Crippen molar-refractivity contribution in [2.75, 3.05) is 11.9 Å². The molecule has 148 valence electrons. The molecule has 1 saturated heterocycles. The van der Waals surface area contributed by atoms with E-state index in [0.717, 1.165) is 29.7 Å². The maximum absolute atomic E-state index is 12.8. The van der Waals surface area contributed by atoms with Gasteiger partial charge < -0.3 is 10.1 Å². The first-order valence-electron chi connectivity index (χ1n) is 9.77. The number of likely N-dealkylation sites (tertiary alicyclic amines) is 1. The van der Waals surface area contributed by atoms with Crippen LogP contribution in [0.4, 0.5) is 5.69 Å². The number of nitrogens with zero attached hydrogens (tertiary/aromatic N) is 1. The molecule has 3 aliphatic rings. The lowest BCUT2D eigenvalue weighted by molar-refractivity contribution is -0.159. The highest BCUT2D eigenvalue weighted by Gasteiger charge is 2.62. The Bertz CT molecular complexity index is 806. The second-order valence-electron chi connectivity index (χ2n) is 8.13. The summed E-state index contributed by atoms with van der Waals surface area (Å²) < 4.78 is 5.06. The Morgan fingerprint density at radius 1 is 1.11 bits per heavy atom. The molecule has 0 spiro atoms. The summed E-state index contributed by atoms with van der Waals surface area (Å²) in [5, 5.41) is 2.64. The average Bonchev–Trinajstić information content (AvgIpc) is 3.35. The molecule has 1 heterocycles. The van der Waals surface area contributed by atoms with Crippen LogP contribution in [0.15, 0.2) is 24.3 Å². The third kappa shape index (κ3) is 3.08. The molecule has 7 heteroatoms. The smallest absolute Gasteiger partial charge is 0.329 e. The monoisotopic (exact) mass is 384 g/mol. The van der Waals surface area contributed by atoms with E-state index in [1.54, 1.807) is 12.1 Å². The van der Waals surface area contributed by atoms with E-state index in [-0.39, 0.29) is 35.5 Å². The minimum absolute atomic E-state index is 0.254. The number of carbonyl (C=O) groups is 4. The predicted octanol–water partition coefficient (Wildman–Crippen LogP) is 1.90. The number of anilines is 1. The highest BCUT2D eigenvalue weighted by molar-refractivity contribution is 6.08. The van der Waals surface area contributed by atoms with E-state index in [2.05, 4.69) is 5.32 Å². The van der Waals surface area contributed by atoms with Gasteiger partial charge in [-0.1, -0.05) is 17.7 Å². The fourth-order valence-electron chi connectivity index (χ4n) is 5.01. The molecule has 5 atom stereocenters. The molecular weight excluding hydrogens is 360 g/mol. The number of hydrogen-bond acceptors (Lipinski definition) is 5.